The molecule has 0 fully saturated rings. The molecule has 0 bridgehead atoms. The van der Waals surface area contributed by atoms with Crippen molar-refractivity contribution in [3.63, 3.8) is 0 Å². The molecule has 66 valence electrons. The van der Waals surface area contributed by atoms with E-state index < -0.39 is 5.97 Å². The van der Waals surface area contributed by atoms with Crippen molar-refractivity contribution in [3.05, 3.63) is 29.3 Å². The van der Waals surface area contributed by atoms with Crippen LogP contribution < -0.4 is 5.73 Å². The van der Waals surface area contributed by atoms with E-state index in [1.54, 1.807) is 6.07 Å². The second kappa shape index (κ2) is 3.59. The molecule has 0 aliphatic heterocycles. The van der Waals surface area contributed by atoms with E-state index in [1.807, 2.05) is 6.07 Å². The highest BCUT2D eigenvalue weighted by Crippen LogP contribution is 2.13. The number of carboxylic acid groups (broad SMARTS) is 1. The summed E-state index contributed by atoms with van der Waals surface area (Å²) in [4.78, 5) is 10.3. The van der Waals surface area contributed by atoms with Gasteiger partial charge in [0, 0.05) is 5.69 Å². The predicted octanol–water partition coefficient (Wildman–Crippen LogP) is 0.768. The van der Waals surface area contributed by atoms with Gasteiger partial charge in [-0.15, -0.1) is 0 Å². The van der Waals surface area contributed by atoms with Crippen LogP contribution in [0.1, 0.15) is 11.1 Å². The molecule has 0 atom stereocenters. The van der Waals surface area contributed by atoms with Crippen LogP contribution in [-0.4, -0.2) is 11.1 Å². The van der Waals surface area contributed by atoms with Crippen LogP contribution in [0.3, 0.4) is 0 Å². The van der Waals surface area contributed by atoms with Gasteiger partial charge in [0.25, 0.3) is 0 Å². The van der Waals surface area contributed by atoms with Crippen LogP contribution >= 0.6 is 0 Å². The second-order valence-electron chi connectivity index (χ2n) is 2.60. The van der Waals surface area contributed by atoms with Gasteiger partial charge in [0.15, 0.2) is 0 Å². The highest BCUT2D eigenvalue weighted by Gasteiger charge is 2.03. The molecule has 0 aliphatic rings. The third-order valence-electron chi connectivity index (χ3n) is 1.59. The minimum atomic E-state index is -0.923. The van der Waals surface area contributed by atoms with Crippen LogP contribution in [0, 0.1) is 11.3 Å². The lowest BCUT2D eigenvalue weighted by molar-refractivity contribution is -0.136. The number of anilines is 1. The number of aliphatic carboxylic acids is 1. The fourth-order valence-electron chi connectivity index (χ4n) is 0.985. The summed E-state index contributed by atoms with van der Waals surface area (Å²) in [5.41, 5.74) is 6.73. The zero-order valence-corrected chi connectivity index (χ0v) is 6.82. The molecule has 0 heterocycles. The Morgan fingerprint density at radius 1 is 1.62 bits per heavy atom. The maximum Gasteiger partial charge on any atom is 0.307 e. The maximum absolute atomic E-state index is 10.3. The first-order chi connectivity index (χ1) is 6.13. The summed E-state index contributed by atoms with van der Waals surface area (Å²) in [5.74, 6) is -0.923. The highest BCUT2D eigenvalue weighted by atomic mass is 16.4. The zero-order chi connectivity index (χ0) is 9.84. The van der Waals surface area contributed by atoms with E-state index in [9.17, 15) is 4.79 Å². The fourth-order valence-corrected chi connectivity index (χ4v) is 0.985. The van der Waals surface area contributed by atoms with Crippen molar-refractivity contribution in [2.75, 3.05) is 5.73 Å². The molecule has 3 N–H and O–H groups in total. The lowest BCUT2D eigenvalue weighted by atomic mass is 10.1. The molecule has 1 aromatic carbocycles. The van der Waals surface area contributed by atoms with Crippen LogP contribution in [0.25, 0.3) is 0 Å². The van der Waals surface area contributed by atoms with Gasteiger partial charge in [0.1, 0.15) is 6.07 Å². The number of nitrogens with zero attached hydrogens (tertiary/aromatic N) is 1. The Hall–Kier alpha value is -2.02. The monoisotopic (exact) mass is 176 g/mol. The zero-order valence-electron chi connectivity index (χ0n) is 6.82. The van der Waals surface area contributed by atoms with Crippen molar-refractivity contribution in [1.29, 1.82) is 5.26 Å². The molecule has 0 radical (unpaired) electrons. The average molecular weight is 176 g/mol. The third kappa shape index (κ3) is 2.20. The van der Waals surface area contributed by atoms with Gasteiger partial charge < -0.3 is 10.8 Å². The molecule has 0 aliphatic carbocycles. The molecule has 1 rings (SSSR count). The van der Waals surface area contributed by atoms with Crippen LogP contribution in [0.5, 0.6) is 0 Å². The van der Waals surface area contributed by atoms with E-state index in [1.165, 1.54) is 12.1 Å². The van der Waals surface area contributed by atoms with Crippen molar-refractivity contribution in [3.8, 4) is 6.07 Å². The van der Waals surface area contributed by atoms with Gasteiger partial charge >= 0.3 is 5.97 Å². The fraction of sp³-hybridized carbons (Fsp3) is 0.111. The number of nitrogen functional groups attached to an aromatic ring is 1. The molecular formula is C9H8N2O2. The SMILES string of the molecule is N#Cc1cc(CC(=O)O)ccc1N. The Bertz CT molecular complexity index is 380. The van der Waals surface area contributed by atoms with Crippen LogP contribution in [0.4, 0.5) is 5.69 Å². The lowest BCUT2D eigenvalue weighted by Gasteiger charge is -2.00. The summed E-state index contributed by atoms with van der Waals surface area (Å²) >= 11 is 0. The Balaban J connectivity index is 3.01. The molecule has 0 spiro atoms. The van der Waals surface area contributed by atoms with E-state index in [4.69, 9.17) is 16.1 Å². The Labute approximate surface area is 75.2 Å². The average Bonchev–Trinajstić information content (AvgIpc) is 2.07. The van der Waals surface area contributed by atoms with Crippen LogP contribution in [-0.2, 0) is 11.2 Å². The first-order valence-electron chi connectivity index (χ1n) is 3.64. The first kappa shape index (κ1) is 9.07. The molecular weight excluding hydrogens is 168 g/mol. The smallest absolute Gasteiger partial charge is 0.307 e. The standard InChI is InChI=1S/C9H8N2O2/c10-5-7-3-6(4-9(12)13)1-2-8(7)11/h1-3H,4,11H2,(H,12,13). The summed E-state index contributed by atoms with van der Waals surface area (Å²) in [6.45, 7) is 0. The first-order valence-corrected chi connectivity index (χ1v) is 3.64. The predicted molar refractivity (Wildman–Crippen MR) is 46.9 cm³/mol. The molecule has 0 amide bonds. The molecule has 4 nitrogen and oxygen atoms in total. The molecule has 13 heavy (non-hydrogen) atoms. The Kier molecular flexibility index (Phi) is 2.50. The maximum atomic E-state index is 10.3. The Morgan fingerprint density at radius 2 is 2.31 bits per heavy atom. The molecule has 0 unspecified atom stereocenters. The molecule has 0 aromatic heterocycles. The van der Waals surface area contributed by atoms with Crippen LogP contribution in [0.15, 0.2) is 18.2 Å². The van der Waals surface area contributed by atoms with Crippen molar-refractivity contribution in [1.82, 2.24) is 0 Å². The number of carboxylic acids is 1. The van der Waals surface area contributed by atoms with Gasteiger partial charge in [0.05, 0.1) is 12.0 Å². The number of hydrogen-bond acceptors (Lipinski definition) is 3. The third-order valence-corrected chi connectivity index (χ3v) is 1.59. The quantitative estimate of drug-likeness (QED) is 0.651. The minimum absolute atomic E-state index is 0.0883. The topological polar surface area (TPSA) is 87.1 Å². The van der Waals surface area contributed by atoms with Gasteiger partial charge in [-0.2, -0.15) is 5.26 Å². The number of benzene rings is 1. The summed E-state index contributed by atoms with van der Waals surface area (Å²) in [7, 11) is 0. The van der Waals surface area contributed by atoms with Crippen molar-refractivity contribution < 1.29 is 9.90 Å². The van der Waals surface area contributed by atoms with Gasteiger partial charge in [-0.25, -0.2) is 0 Å². The van der Waals surface area contributed by atoms with Gasteiger partial charge in [-0.05, 0) is 17.7 Å². The molecule has 1 aromatic rings. The minimum Gasteiger partial charge on any atom is -0.481 e. The van der Waals surface area contributed by atoms with E-state index in [0.717, 1.165) is 0 Å². The summed E-state index contributed by atoms with van der Waals surface area (Å²) in [6.07, 6.45) is -0.0883. The van der Waals surface area contributed by atoms with Gasteiger partial charge in [0.2, 0.25) is 0 Å². The largest absolute Gasteiger partial charge is 0.481 e. The van der Waals surface area contributed by atoms with E-state index in [-0.39, 0.29) is 6.42 Å². The molecule has 4 heteroatoms. The van der Waals surface area contributed by atoms with Crippen LogP contribution in [0.2, 0.25) is 0 Å². The summed E-state index contributed by atoms with van der Waals surface area (Å²) in [6, 6.07) is 6.52. The summed E-state index contributed by atoms with van der Waals surface area (Å²) < 4.78 is 0. The van der Waals surface area contributed by atoms with E-state index >= 15 is 0 Å². The second-order valence-corrected chi connectivity index (χ2v) is 2.60. The summed E-state index contributed by atoms with van der Waals surface area (Å²) in [5, 5.41) is 17.1. The van der Waals surface area contributed by atoms with Crippen molar-refractivity contribution in [2.24, 2.45) is 0 Å². The highest BCUT2D eigenvalue weighted by molar-refractivity contribution is 5.71. The van der Waals surface area contributed by atoms with Crippen molar-refractivity contribution >= 4 is 11.7 Å². The number of nitrogens with two attached hydrogens (primary N) is 1. The van der Waals surface area contributed by atoms with E-state index in [0.29, 0.717) is 16.8 Å². The number of rotatable bonds is 2. The molecule has 0 saturated heterocycles. The van der Waals surface area contributed by atoms with Crippen molar-refractivity contribution in [2.45, 2.75) is 6.42 Å². The normalized spacial score (nSPS) is 9.15. The molecule has 0 saturated carbocycles. The number of carbonyl (C=O) groups is 1. The lowest BCUT2D eigenvalue weighted by Crippen LogP contribution is -2.01. The number of hydrogen-bond donors (Lipinski definition) is 2. The van der Waals surface area contributed by atoms with Gasteiger partial charge in [-0.3, -0.25) is 4.79 Å². The van der Waals surface area contributed by atoms with Gasteiger partial charge in [-0.1, -0.05) is 6.07 Å². The number of nitriles is 1. The Morgan fingerprint density at radius 3 is 2.85 bits per heavy atom. The van der Waals surface area contributed by atoms with E-state index in [2.05, 4.69) is 0 Å².